The van der Waals surface area contributed by atoms with Gasteiger partial charge in [0.1, 0.15) is 12.4 Å². The molecule has 0 radical (unpaired) electrons. The van der Waals surface area contributed by atoms with Crippen molar-refractivity contribution in [2.24, 2.45) is 0 Å². The van der Waals surface area contributed by atoms with E-state index in [0.717, 1.165) is 31.7 Å². The summed E-state index contributed by atoms with van der Waals surface area (Å²) in [5.41, 5.74) is 6.17. The summed E-state index contributed by atoms with van der Waals surface area (Å²) in [5, 5.41) is 0. The third kappa shape index (κ3) is 5.46. The van der Waals surface area contributed by atoms with Crippen LogP contribution in [0.25, 0.3) is 5.57 Å². The molecule has 0 spiro atoms. The highest BCUT2D eigenvalue weighted by Gasteiger charge is 2.19. The smallest absolute Gasteiger partial charge is 0.127 e. The Kier molecular flexibility index (Phi) is 6.58. The van der Waals surface area contributed by atoms with E-state index in [2.05, 4.69) is 88.3 Å². The number of ether oxygens (including phenoxy) is 2. The monoisotopic (exact) mass is 379 g/mol. The molecule has 3 heteroatoms. The van der Waals surface area contributed by atoms with E-state index in [0.29, 0.717) is 6.61 Å². The van der Waals surface area contributed by atoms with Crippen molar-refractivity contribution in [1.29, 1.82) is 0 Å². The van der Waals surface area contributed by atoms with Crippen LogP contribution in [0.5, 0.6) is 5.75 Å². The van der Waals surface area contributed by atoms with E-state index in [1.54, 1.807) is 0 Å². The predicted molar refractivity (Wildman–Crippen MR) is 117 cm³/mol. The van der Waals surface area contributed by atoms with Crippen LogP contribution < -0.4 is 4.74 Å². The minimum atomic E-state index is -0.106. The van der Waals surface area contributed by atoms with Crippen LogP contribution >= 0.6 is 0 Å². The minimum absolute atomic E-state index is 0.106. The number of hydrogen-bond donors (Lipinski definition) is 0. The zero-order valence-electron chi connectivity index (χ0n) is 17.9. The number of nitrogens with zero attached hydrogens (tertiary/aromatic N) is 1. The highest BCUT2D eigenvalue weighted by atomic mass is 16.5. The maximum atomic E-state index is 6.16. The molecule has 0 bridgehead atoms. The Balaban J connectivity index is 1.93. The van der Waals surface area contributed by atoms with Gasteiger partial charge in [-0.2, -0.15) is 0 Å². The van der Waals surface area contributed by atoms with Gasteiger partial charge in [0.2, 0.25) is 0 Å². The summed E-state index contributed by atoms with van der Waals surface area (Å²) < 4.78 is 12.1. The largest absolute Gasteiger partial charge is 0.488 e. The molecule has 0 N–H and O–H groups in total. The van der Waals surface area contributed by atoms with Gasteiger partial charge < -0.3 is 14.4 Å². The number of rotatable bonds is 6. The Morgan fingerprint density at radius 1 is 1.07 bits per heavy atom. The second kappa shape index (κ2) is 8.93. The SMILES string of the molecule is CN(C)CC/C=C1/c2ccccc2COc2ccc(CCOC(C)(C)C)cc21. The second-order valence-electron chi connectivity index (χ2n) is 8.70. The van der Waals surface area contributed by atoms with E-state index in [4.69, 9.17) is 9.47 Å². The Morgan fingerprint density at radius 2 is 1.86 bits per heavy atom. The average molecular weight is 380 g/mol. The molecule has 0 atom stereocenters. The van der Waals surface area contributed by atoms with Crippen LogP contribution in [-0.2, 0) is 17.8 Å². The standard InChI is InChI=1S/C25H33NO2/c1-25(2,3)28-16-14-19-12-13-24-23(17-19)22(11-8-15-26(4)5)21-10-7-6-9-20(21)18-27-24/h6-7,9-13,17H,8,14-16,18H2,1-5H3/b22-11-. The summed E-state index contributed by atoms with van der Waals surface area (Å²) in [6.07, 6.45) is 4.27. The van der Waals surface area contributed by atoms with Crippen molar-refractivity contribution in [3.8, 4) is 5.75 Å². The maximum absolute atomic E-state index is 6.16. The van der Waals surface area contributed by atoms with Gasteiger partial charge in [-0.25, -0.2) is 0 Å². The van der Waals surface area contributed by atoms with E-state index in [1.165, 1.54) is 27.8 Å². The molecule has 0 saturated carbocycles. The normalized spacial score (nSPS) is 15.1. The summed E-state index contributed by atoms with van der Waals surface area (Å²) in [7, 11) is 4.23. The van der Waals surface area contributed by atoms with Crippen molar-refractivity contribution in [2.45, 2.75) is 45.8 Å². The molecule has 2 aromatic rings. The lowest BCUT2D eigenvalue weighted by atomic mass is 9.92. The number of fused-ring (bicyclic) bond motifs is 2. The topological polar surface area (TPSA) is 21.7 Å². The maximum Gasteiger partial charge on any atom is 0.127 e. The van der Waals surface area contributed by atoms with Crippen molar-refractivity contribution in [1.82, 2.24) is 4.90 Å². The van der Waals surface area contributed by atoms with E-state index in [1.807, 2.05) is 0 Å². The lowest BCUT2D eigenvalue weighted by Crippen LogP contribution is -2.20. The van der Waals surface area contributed by atoms with Gasteiger partial charge in [0, 0.05) is 12.1 Å². The molecule has 1 heterocycles. The van der Waals surface area contributed by atoms with Crippen LogP contribution in [0.1, 0.15) is 49.4 Å². The van der Waals surface area contributed by atoms with E-state index in [-0.39, 0.29) is 5.60 Å². The minimum Gasteiger partial charge on any atom is -0.488 e. The molecule has 0 fully saturated rings. The van der Waals surface area contributed by atoms with Crippen LogP contribution in [0, 0.1) is 0 Å². The summed E-state index contributed by atoms with van der Waals surface area (Å²) >= 11 is 0. The van der Waals surface area contributed by atoms with Gasteiger partial charge in [0.05, 0.1) is 12.2 Å². The molecule has 0 saturated heterocycles. The van der Waals surface area contributed by atoms with Gasteiger partial charge in [0.25, 0.3) is 0 Å². The molecule has 28 heavy (non-hydrogen) atoms. The predicted octanol–water partition coefficient (Wildman–Crippen LogP) is 5.32. The zero-order valence-corrected chi connectivity index (χ0v) is 17.9. The lowest BCUT2D eigenvalue weighted by Gasteiger charge is -2.20. The number of hydrogen-bond acceptors (Lipinski definition) is 3. The molecule has 0 amide bonds. The van der Waals surface area contributed by atoms with Crippen LogP contribution in [0.15, 0.2) is 48.5 Å². The van der Waals surface area contributed by atoms with Crippen LogP contribution in [0.4, 0.5) is 0 Å². The van der Waals surface area contributed by atoms with Crippen LogP contribution in [-0.4, -0.2) is 37.7 Å². The van der Waals surface area contributed by atoms with Gasteiger partial charge in [-0.3, -0.25) is 0 Å². The molecular formula is C25H33NO2. The first-order chi connectivity index (χ1) is 13.3. The molecule has 150 valence electrons. The molecule has 1 aliphatic rings. The first-order valence-electron chi connectivity index (χ1n) is 10.2. The van der Waals surface area contributed by atoms with E-state index >= 15 is 0 Å². The molecule has 0 aliphatic carbocycles. The quantitative estimate of drug-likeness (QED) is 0.678. The van der Waals surface area contributed by atoms with Gasteiger partial charge in [-0.15, -0.1) is 0 Å². The molecular weight excluding hydrogens is 346 g/mol. The van der Waals surface area contributed by atoms with Gasteiger partial charge in [-0.05, 0) is 82.1 Å². The highest BCUT2D eigenvalue weighted by molar-refractivity contribution is 5.85. The van der Waals surface area contributed by atoms with Crippen molar-refractivity contribution < 1.29 is 9.47 Å². The Bertz CT molecular complexity index is 831. The molecule has 3 nitrogen and oxygen atoms in total. The Morgan fingerprint density at radius 3 is 2.61 bits per heavy atom. The van der Waals surface area contributed by atoms with Crippen molar-refractivity contribution in [2.75, 3.05) is 27.2 Å². The first-order valence-corrected chi connectivity index (χ1v) is 10.2. The van der Waals surface area contributed by atoms with Gasteiger partial charge in [-0.1, -0.05) is 36.4 Å². The van der Waals surface area contributed by atoms with E-state index in [9.17, 15) is 0 Å². The molecule has 3 rings (SSSR count). The highest BCUT2D eigenvalue weighted by Crippen LogP contribution is 2.37. The lowest BCUT2D eigenvalue weighted by molar-refractivity contribution is -0.000983. The summed E-state index contributed by atoms with van der Waals surface area (Å²) in [6, 6.07) is 15.1. The van der Waals surface area contributed by atoms with Crippen molar-refractivity contribution in [3.05, 3.63) is 70.8 Å². The van der Waals surface area contributed by atoms with Crippen LogP contribution in [0.2, 0.25) is 0 Å². The van der Waals surface area contributed by atoms with Crippen molar-refractivity contribution in [3.63, 3.8) is 0 Å². The third-order valence-electron chi connectivity index (χ3n) is 4.88. The fraction of sp³-hybridized carbons (Fsp3) is 0.440. The number of benzene rings is 2. The Hall–Kier alpha value is -2.10. The average Bonchev–Trinajstić information content (AvgIpc) is 2.78. The molecule has 0 unspecified atom stereocenters. The summed E-state index contributed by atoms with van der Waals surface area (Å²) in [4.78, 5) is 2.22. The second-order valence-corrected chi connectivity index (χ2v) is 8.70. The summed E-state index contributed by atoms with van der Waals surface area (Å²) in [5.74, 6) is 0.966. The molecule has 1 aliphatic heterocycles. The first kappa shape index (κ1) is 20.6. The van der Waals surface area contributed by atoms with E-state index < -0.39 is 0 Å². The van der Waals surface area contributed by atoms with Crippen LogP contribution in [0.3, 0.4) is 0 Å². The fourth-order valence-electron chi connectivity index (χ4n) is 3.44. The summed E-state index contributed by atoms with van der Waals surface area (Å²) in [6.45, 7) is 8.65. The molecule has 0 aromatic heterocycles. The molecule has 2 aromatic carbocycles. The fourth-order valence-corrected chi connectivity index (χ4v) is 3.44. The van der Waals surface area contributed by atoms with Gasteiger partial charge >= 0.3 is 0 Å². The van der Waals surface area contributed by atoms with Crippen molar-refractivity contribution >= 4 is 5.57 Å². The Labute approximate surface area is 170 Å². The van der Waals surface area contributed by atoms with Gasteiger partial charge in [0.15, 0.2) is 0 Å². The third-order valence-corrected chi connectivity index (χ3v) is 4.88. The zero-order chi connectivity index (χ0) is 20.1.